The van der Waals surface area contributed by atoms with Crippen molar-refractivity contribution in [2.75, 3.05) is 13.1 Å². The van der Waals surface area contributed by atoms with Gasteiger partial charge in [0.05, 0.1) is 18.3 Å². The lowest BCUT2D eigenvalue weighted by Gasteiger charge is -2.29. The molecular weight excluding hydrogens is 458 g/mol. The molecule has 0 aliphatic carbocycles. The highest BCUT2D eigenvalue weighted by Gasteiger charge is 2.30. The fourth-order valence-corrected chi connectivity index (χ4v) is 4.70. The van der Waals surface area contributed by atoms with E-state index in [4.69, 9.17) is 5.53 Å². The topological polar surface area (TPSA) is 144 Å². The van der Waals surface area contributed by atoms with Gasteiger partial charge in [0.15, 0.2) is 0 Å². The van der Waals surface area contributed by atoms with Gasteiger partial charge in [-0.1, -0.05) is 42.5 Å². The van der Waals surface area contributed by atoms with Gasteiger partial charge in [-0.25, -0.2) is 4.98 Å². The maximum Gasteiger partial charge on any atom is 0.241 e. The molecule has 1 aromatic heterocycles. The van der Waals surface area contributed by atoms with E-state index < -0.39 is 23.8 Å². The molecular formula is C26H29N7O3. The van der Waals surface area contributed by atoms with Crippen LogP contribution in [-0.4, -0.2) is 51.7 Å². The molecule has 10 heteroatoms. The molecule has 0 saturated carbocycles. The Labute approximate surface area is 208 Å². The van der Waals surface area contributed by atoms with E-state index in [1.54, 1.807) is 0 Å². The van der Waals surface area contributed by atoms with Gasteiger partial charge in [0.2, 0.25) is 17.7 Å². The number of aromatic amines is 1. The molecule has 0 radical (unpaired) electrons. The molecule has 1 aliphatic rings. The van der Waals surface area contributed by atoms with Crippen molar-refractivity contribution in [2.24, 2.45) is 11.0 Å². The van der Waals surface area contributed by atoms with Gasteiger partial charge in [-0.3, -0.25) is 14.4 Å². The lowest BCUT2D eigenvalue weighted by Crippen LogP contribution is -2.46. The van der Waals surface area contributed by atoms with Gasteiger partial charge in [-0.05, 0) is 52.7 Å². The highest BCUT2D eigenvalue weighted by molar-refractivity contribution is 5.92. The number of hydrogen-bond donors (Lipinski definition) is 2. The number of nitrogens with zero attached hydrogens (tertiary/aromatic N) is 5. The second-order valence-corrected chi connectivity index (χ2v) is 9.05. The van der Waals surface area contributed by atoms with Gasteiger partial charge in [0.1, 0.15) is 0 Å². The van der Waals surface area contributed by atoms with Crippen LogP contribution in [-0.2, 0) is 27.2 Å². The molecule has 3 aromatic rings. The summed E-state index contributed by atoms with van der Waals surface area (Å²) in [5.41, 5.74) is 10.3. The summed E-state index contributed by atoms with van der Waals surface area (Å²) >= 11 is 0. The quantitative estimate of drug-likeness (QED) is 0.269. The average Bonchev–Trinajstić information content (AvgIpc) is 3.42. The SMILES string of the molecule is [N-]=[N+]=NC(=O)[C@H](Cc1cnc[nH]1)NC(=O)C(CC(=O)N1CCCCC1)Cc1cccc2ccccc12. The molecule has 1 unspecified atom stereocenters. The largest absolute Gasteiger partial charge is 0.348 e. The number of azide groups is 1. The summed E-state index contributed by atoms with van der Waals surface area (Å²) in [4.78, 5) is 50.4. The monoisotopic (exact) mass is 487 g/mol. The first kappa shape index (κ1) is 24.9. The van der Waals surface area contributed by atoms with Crippen LogP contribution in [0.2, 0.25) is 0 Å². The minimum absolute atomic E-state index is 0.0293. The Bertz CT molecular complexity index is 1260. The zero-order valence-corrected chi connectivity index (χ0v) is 20.0. The molecule has 2 heterocycles. The molecule has 2 N–H and O–H groups in total. The van der Waals surface area contributed by atoms with Crippen LogP contribution < -0.4 is 5.32 Å². The number of aromatic nitrogens is 2. The number of carbonyl (C=O) groups excluding carboxylic acids is 3. The highest BCUT2D eigenvalue weighted by Crippen LogP contribution is 2.24. The minimum Gasteiger partial charge on any atom is -0.348 e. The van der Waals surface area contributed by atoms with Crippen molar-refractivity contribution in [1.82, 2.24) is 20.2 Å². The number of H-pyrrole nitrogens is 1. The third kappa shape index (κ3) is 6.28. The number of benzene rings is 2. The first-order valence-corrected chi connectivity index (χ1v) is 12.2. The van der Waals surface area contributed by atoms with E-state index in [0.29, 0.717) is 25.2 Å². The molecule has 4 rings (SSSR count). The molecule has 2 aromatic carbocycles. The van der Waals surface area contributed by atoms with E-state index in [0.717, 1.165) is 35.6 Å². The fraction of sp³-hybridized carbons (Fsp3) is 0.385. The van der Waals surface area contributed by atoms with Gasteiger partial charge in [0.25, 0.3) is 0 Å². The number of imidazole rings is 1. The lowest BCUT2D eigenvalue weighted by atomic mass is 9.91. The van der Waals surface area contributed by atoms with Crippen molar-refractivity contribution in [1.29, 1.82) is 0 Å². The Morgan fingerprint density at radius 2 is 1.86 bits per heavy atom. The minimum atomic E-state index is -1.08. The van der Waals surface area contributed by atoms with Gasteiger partial charge in [-0.2, -0.15) is 0 Å². The second-order valence-electron chi connectivity index (χ2n) is 9.05. The number of fused-ring (bicyclic) bond motifs is 1. The predicted octanol–water partition coefficient (Wildman–Crippen LogP) is 3.69. The molecule has 36 heavy (non-hydrogen) atoms. The van der Waals surface area contributed by atoms with Gasteiger partial charge in [-0.15, -0.1) is 0 Å². The fourth-order valence-electron chi connectivity index (χ4n) is 4.70. The maximum atomic E-state index is 13.6. The second kappa shape index (κ2) is 12.0. The third-order valence-corrected chi connectivity index (χ3v) is 6.58. The number of likely N-dealkylation sites (tertiary alicyclic amines) is 1. The Kier molecular flexibility index (Phi) is 8.31. The highest BCUT2D eigenvalue weighted by atomic mass is 16.2. The van der Waals surface area contributed by atoms with E-state index in [-0.39, 0.29) is 18.7 Å². The van der Waals surface area contributed by atoms with Gasteiger partial charge < -0.3 is 15.2 Å². The lowest BCUT2D eigenvalue weighted by molar-refractivity contribution is -0.137. The van der Waals surface area contributed by atoms with Crippen LogP contribution in [0, 0.1) is 5.92 Å². The Morgan fingerprint density at radius 1 is 1.08 bits per heavy atom. The molecule has 0 bridgehead atoms. The molecule has 1 fully saturated rings. The van der Waals surface area contributed by atoms with Crippen molar-refractivity contribution < 1.29 is 14.4 Å². The van der Waals surface area contributed by atoms with E-state index in [2.05, 4.69) is 25.3 Å². The molecule has 3 amide bonds. The molecule has 2 atom stereocenters. The zero-order chi connectivity index (χ0) is 25.3. The van der Waals surface area contributed by atoms with Crippen LogP contribution >= 0.6 is 0 Å². The summed E-state index contributed by atoms with van der Waals surface area (Å²) in [6.07, 6.45) is 6.46. The van der Waals surface area contributed by atoms with Crippen LogP contribution in [0.15, 0.2) is 60.1 Å². The number of piperidine rings is 1. The summed E-state index contributed by atoms with van der Waals surface area (Å²) in [7, 11) is 0. The number of carbonyl (C=O) groups is 3. The summed E-state index contributed by atoms with van der Waals surface area (Å²) < 4.78 is 0. The number of rotatable bonds is 9. The molecule has 0 spiro atoms. The van der Waals surface area contributed by atoms with Crippen LogP contribution in [0.1, 0.15) is 36.9 Å². The zero-order valence-electron chi connectivity index (χ0n) is 20.0. The Hall–Kier alpha value is -4.17. The maximum absolute atomic E-state index is 13.6. The van der Waals surface area contributed by atoms with Gasteiger partial charge >= 0.3 is 0 Å². The molecule has 186 valence electrons. The number of nitrogens with one attached hydrogen (secondary N) is 2. The first-order chi connectivity index (χ1) is 17.5. The number of hydrogen-bond acceptors (Lipinski definition) is 4. The van der Waals surface area contributed by atoms with Crippen LogP contribution in [0.25, 0.3) is 21.2 Å². The molecule has 1 saturated heterocycles. The summed E-state index contributed by atoms with van der Waals surface area (Å²) in [5, 5.41) is 8.00. The smallest absolute Gasteiger partial charge is 0.241 e. The summed E-state index contributed by atoms with van der Waals surface area (Å²) in [5.74, 6) is -2.00. The standard InChI is InChI=1S/C26H29N7O3/c27-32-31-26(36)23(15-21-16-28-17-29-21)30-25(35)20(14-24(34)33-11-4-1-5-12-33)13-19-9-6-8-18-7-2-3-10-22(18)19/h2-3,6-10,16-17,20,23H,1,4-5,11-15H2,(H,28,29)(H,30,35)/t20?,23-/m0/s1. The van der Waals surface area contributed by atoms with E-state index >= 15 is 0 Å². The van der Waals surface area contributed by atoms with Crippen LogP contribution in [0.4, 0.5) is 0 Å². The average molecular weight is 488 g/mol. The van der Waals surface area contributed by atoms with E-state index in [1.165, 1.54) is 12.5 Å². The molecule has 10 nitrogen and oxygen atoms in total. The third-order valence-electron chi connectivity index (χ3n) is 6.58. The van der Waals surface area contributed by atoms with Crippen molar-refractivity contribution in [3.8, 4) is 0 Å². The molecule has 1 aliphatic heterocycles. The predicted molar refractivity (Wildman–Crippen MR) is 135 cm³/mol. The first-order valence-electron chi connectivity index (χ1n) is 12.2. The van der Waals surface area contributed by atoms with Crippen molar-refractivity contribution in [3.05, 3.63) is 76.7 Å². The van der Waals surface area contributed by atoms with E-state index in [1.807, 2.05) is 47.4 Å². The van der Waals surface area contributed by atoms with Crippen molar-refractivity contribution in [2.45, 2.75) is 44.6 Å². The summed E-state index contributed by atoms with van der Waals surface area (Å²) in [6, 6.07) is 12.7. The summed E-state index contributed by atoms with van der Waals surface area (Å²) in [6.45, 7) is 1.39. The van der Waals surface area contributed by atoms with Crippen LogP contribution in [0.3, 0.4) is 0 Å². The number of amides is 3. The van der Waals surface area contributed by atoms with Crippen molar-refractivity contribution in [3.63, 3.8) is 0 Å². The van der Waals surface area contributed by atoms with E-state index in [9.17, 15) is 14.4 Å². The van der Waals surface area contributed by atoms with Gasteiger partial charge in [0, 0.05) is 42.7 Å². The van der Waals surface area contributed by atoms with Crippen LogP contribution in [0.5, 0.6) is 0 Å². The Morgan fingerprint density at radius 3 is 2.61 bits per heavy atom. The Balaban J connectivity index is 1.59. The van der Waals surface area contributed by atoms with Crippen molar-refractivity contribution >= 4 is 28.5 Å². The normalized spacial score (nSPS) is 15.1.